The second kappa shape index (κ2) is 13.2. The van der Waals surface area contributed by atoms with Gasteiger partial charge < -0.3 is 20.1 Å². The van der Waals surface area contributed by atoms with E-state index in [1.54, 1.807) is 13.1 Å². The number of nitrogens with one attached hydrogen (secondary N) is 2. The number of nitrogens with zero attached hydrogens (tertiary/aromatic N) is 2. The SMILES string of the molecule is CCOc1ccc(CNC(=NC)NCC(C(C)C)N2CCOCC2)cc1F.I. The number of guanidine groups is 1. The maximum absolute atomic E-state index is 14.0. The summed E-state index contributed by atoms with van der Waals surface area (Å²) in [4.78, 5) is 6.75. The van der Waals surface area contributed by atoms with E-state index in [-0.39, 0.29) is 35.5 Å². The number of ether oxygens (including phenoxy) is 2. The van der Waals surface area contributed by atoms with Crippen molar-refractivity contribution in [3.05, 3.63) is 29.6 Å². The van der Waals surface area contributed by atoms with Crippen molar-refractivity contribution < 1.29 is 13.9 Å². The number of hydrogen-bond donors (Lipinski definition) is 2. The van der Waals surface area contributed by atoms with Gasteiger partial charge in [-0.15, -0.1) is 24.0 Å². The van der Waals surface area contributed by atoms with Crippen LogP contribution >= 0.6 is 24.0 Å². The maximum Gasteiger partial charge on any atom is 0.191 e. The normalized spacial score (nSPS) is 16.4. The van der Waals surface area contributed by atoms with E-state index in [0.29, 0.717) is 31.1 Å². The molecule has 0 radical (unpaired) electrons. The zero-order valence-corrected chi connectivity index (χ0v) is 19.7. The van der Waals surface area contributed by atoms with E-state index in [2.05, 4.69) is 34.4 Å². The Kier molecular flexibility index (Phi) is 11.7. The Bertz CT molecular complexity index is 610. The van der Waals surface area contributed by atoms with Crippen LogP contribution in [-0.4, -0.2) is 63.4 Å². The quantitative estimate of drug-likeness (QED) is 0.322. The first kappa shape index (κ1) is 24.9. The molecule has 0 bridgehead atoms. The summed E-state index contributed by atoms with van der Waals surface area (Å²) in [6.45, 7) is 11.6. The van der Waals surface area contributed by atoms with Crippen molar-refractivity contribution in [3.8, 4) is 5.75 Å². The number of hydrogen-bond acceptors (Lipinski definition) is 4. The first-order valence-electron chi connectivity index (χ1n) is 9.72. The monoisotopic (exact) mass is 508 g/mol. The van der Waals surface area contributed by atoms with E-state index >= 15 is 0 Å². The number of rotatable bonds is 8. The van der Waals surface area contributed by atoms with E-state index in [4.69, 9.17) is 9.47 Å². The molecule has 1 aliphatic heterocycles. The van der Waals surface area contributed by atoms with E-state index in [0.717, 1.165) is 38.4 Å². The van der Waals surface area contributed by atoms with Crippen molar-refractivity contribution >= 4 is 29.9 Å². The van der Waals surface area contributed by atoms with Crippen LogP contribution in [0.1, 0.15) is 26.3 Å². The van der Waals surface area contributed by atoms with Gasteiger partial charge in [0.15, 0.2) is 17.5 Å². The van der Waals surface area contributed by atoms with Gasteiger partial charge in [-0.2, -0.15) is 0 Å². The highest BCUT2D eigenvalue weighted by Crippen LogP contribution is 2.18. The molecule has 1 atom stereocenters. The average Bonchev–Trinajstić information content (AvgIpc) is 2.67. The van der Waals surface area contributed by atoms with Crippen LogP contribution in [0.2, 0.25) is 0 Å². The summed E-state index contributed by atoms with van der Waals surface area (Å²) in [6, 6.07) is 5.43. The Morgan fingerprint density at radius 2 is 2.00 bits per heavy atom. The van der Waals surface area contributed by atoms with Crippen molar-refractivity contribution in [2.24, 2.45) is 10.9 Å². The highest BCUT2D eigenvalue weighted by atomic mass is 127. The third kappa shape index (κ3) is 7.71. The molecule has 2 N–H and O–H groups in total. The van der Waals surface area contributed by atoms with Crippen LogP contribution < -0.4 is 15.4 Å². The third-order valence-electron chi connectivity index (χ3n) is 4.74. The lowest BCUT2D eigenvalue weighted by molar-refractivity contribution is 0.00752. The predicted octanol–water partition coefficient (Wildman–Crippen LogP) is 2.86. The third-order valence-corrected chi connectivity index (χ3v) is 4.74. The zero-order chi connectivity index (χ0) is 19.6. The fraction of sp³-hybridized carbons (Fsp3) is 0.650. The molecular formula is C20H34FIN4O2. The Morgan fingerprint density at radius 1 is 1.29 bits per heavy atom. The standard InChI is InChI=1S/C20H33FN4O2.HI/c1-5-27-19-7-6-16(12-17(19)21)13-23-20(22-4)24-14-18(15(2)3)25-8-10-26-11-9-25;/h6-7,12,15,18H,5,8-11,13-14H2,1-4H3,(H2,22,23,24);1H. The fourth-order valence-corrected chi connectivity index (χ4v) is 3.23. The topological polar surface area (TPSA) is 58.1 Å². The molecule has 1 fully saturated rings. The van der Waals surface area contributed by atoms with Gasteiger partial charge in [-0.3, -0.25) is 9.89 Å². The van der Waals surface area contributed by atoms with E-state index < -0.39 is 0 Å². The molecule has 160 valence electrons. The Labute approximate surface area is 185 Å². The number of halogens is 2. The second-order valence-electron chi connectivity index (χ2n) is 6.96. The molecule has 1 heterocycles. The number of aliphatic imine (C=N–C) groups is 1. The van der Waals surface area contributed by atoms with Crippen LogP contribution in [-0.2, 0) is 11.3 Å². The minimum atomic E-state index is -0.341. The Hall–Kier alpha value is -1.13. The van der Waals surface area contributed by atoms with Crippen LogP contribution in [0.3, 0.4) is 0 Å². The van der Waals surface area contributed by atoms with Crippen molar-refractivity contribution in [1.29, 1.82) is 0 Å². The van der Waals surface area contributed by atoms with Gasteiger partial charge in [0.2, 0.25) is 0 Å². The Morgan fingerprint density at radius 3 is 2.57 bits per heavy atom. The second-order valence-corrected chi connectivity index (χ2v) is 6.96. The van der Waals surface area contributed by atoms with Crippen LogP contribution in [0.5, 0.6) is 5.75 Å². The summed E-state index contributed by atoms with van der Waals surface area (Å²) in [5.74, 6) is 1.18. The molecule has 1 aliphatic rings. The van der Waals surface area contributed by atoms with Gasteiger partial charge in [-0.05, 0) is 30.5 Å². The highest BCUT2D eigenvalue weighted by molar-refractivity contribution is 14.0. The average molecular weight is 508 g/mol. The molecule has 0 aromatic heterocycles. The summed E-state index contributed by atoms with van der Waals surface area (Å²) in [7, 11) is 1.74. The molecule has 1 aromatic rings. The fourth-order valence-electron chi connectivity index (χ4n) is 3.23. The van der Waals surface area contributed by atoms with Crippen LogP contribution in [0.15, 0.2) is 23.2 Å². The van der Waals surface area contributed by atoms with Crippen molar-refractivity contribution in [2.75, 3.05) is 46.5 Å². The minimum Gasteiger partial charge on any atom is -0.491 e. The molecule has 28 heavy (non-hydrogen) atoms. The molecule has 6 nitrogen and oxygen atoms in total. The largest absolute Gasteiger partial charge is 0.491 e. The van der Waals surface area contributed by atoms with Gasteiger partial charge in [-0.25, -0.2) is 4.39 Å². The first-order valence-corrected chi connectivity index (χ1v) is 9.72. The summed E-state index contributed by atoms with van der Waals surface area (Å²) >= 11 is 0. The van der Waals surface area contributed by atoms with Crippen molar-refractivity contribution in [1.82, 2.24) is 15.5 Å². The summed E-state index contributed by atoms with van der Waals surface area (Å²) in [5.41, 5.74) is 0.840. The molecule has 0 amide bonds. The minimum absolute atomic E-state index is 0. The Balaban J connectivity index is 0.00000392. The first-order chi connectivity index (χ1) is 13.0. The maximum atomic E-state index is 14.0. The molecule has 0 saturated carbocycles. The van der Waals surface area contributed by atoms with Gasteiger partial charge in [-0.1, -0.05) is 19.9 Å². The molecule has 1 saturated heterocycles. The van der Waals surface area contributed by atoms with Crippen molar-refractivity contribution in [2.45, 2.75) is 33.4 Å². The predicted molar refractivity (Wildman–Crippen MR) is 122 cm³/mol. The molecule has 2 rings (SSSR count). The number of morpholine rings is 1. The number of benzene rings is 1. The molecule has 1 unspecified atom stereocenters. The molecule has 0 spiro atoms. The van der Waals surface area contributed by atoms with Crippen LogP contribution in [0.4, 0.5) is 4.39 Å². The summed E-state index contributed by atoms with van der Waals surface area (Å²) in [5, 5.41) is 6.65. The lowest BCUT2D eigenvalue weighted by atomic mass is 10.0. The van der Waals surface area contributed by atoms with Gasteiger partial charge >= 0.3 is 0 Å². The van der Waals surface area contributed by atoms with Crippen molar-refractivity contribution in [3.63, 3.8) is 0 Å². The van der Waals surface area contributed by atoms with E-state index in [1.165, 1.54) is 6.07 Å². The zero-order valence-electron chi connectivity index (χ0n) is 17.3. The lowest BCUT2D eigenvalue weighted by Crippen LogP contribution is -2.52. The smallest absolute Gasteiger partial charge is 0.191 e. The molecule has 1 aromatic carbocycles. The molecule has 8 heteroatoms. The molecule has 0 aliphatic carbocycles. The molecular weight excluding hydrogens is 474 g/mol. The van der Waals surface area contributed by atoms with Crippen LogP contribution in [0.25, 0.3) is 0 Å². The lowest BCUT2D eigenvalue weighted by Gasteiger charge is -2.37. The van der Waals surface area contributed by atoms with E-state index in [9.17, 15) is 4.39 Å². The van der Waals surface area contributed by atoms with Gasteiger partial charge in [0.25, 0.3) is 0 Å². The van der Waals surface area contributed by atoms with E-state index in [1.807, 2.05) is 13.0 Å². The van der Waals surface area contributed by atoms with Gasteiger partial charge in [0.1, 0.15) is 0 Å². The van der Waals surface area contributed by atoms with Gasteiger partial charge in [0.05, 0.1) is 19.8 Å². The summed E-state index contributed by atoms with van der Waals surface area (Å²) in [6.07, 6.45) is 0. The summed E-state index contributed by atoms with van der Waals surface area (Å²) < 4.78 is 24.7. The highest BCUT2D eigenvalue weighted by Gasteiger charge is 2.23. The van der Waals surface area contributed by atoms with Crippen LogP contribution in [0, 0.1) is 11.7 Å². The van der Waals surface area contributed by atoms with Gasteiger partial charge in [0, 0.05) is 39.3 Å².